The summed E-state index contributed by atoms with van der Waals surface area (Å²) in [6.07, 6.45) is 0. The summed E-state index contributed by atoms with van der Waals surface area (Å²) >= 11 is 1.44. The number of carbonyl (C=O) groups excluding carboxylic acids is 1. The summed E-state index contributed by atoms with van der Waals surface area (Å²) in [5.74, 6) is -0.494. The molecule has 0 atom stereocenters. The molecule has 0 saturated heterocycles. The molecule has 1 aromatic heterocycles. The van der Waals surface area contributed by atoms with Crippen molar-refractivity contribution in [3.8, 4) is 0 Å². The van der Waals surface area contributed by atoms with Gasteiger partial charge in [0.2, 0.25) is 4.80 Å². The lowest BCUT2D eigenvalue weighted by Crippen LogP contribution is -2.23. The van der Waals surface area contributed by atoms with E-state index in [1.165, 1.54) is 35.6 Å². The summed E-state index contributed by atoms with van der Waals surface area (Å²) in [7, 11) is 1.86. The Hall–Kier alpha value is -3.00. The second-order valence-electron chi connectivity index (χ2n) is 4.77. The Balaban J connectivity index is 1.89. The Labute approximate surface area is 134 Å². The molecule has 3 aromatic rings. The third-order valence-corrected chi connectivity index (χ3v) is 4.40. The van der Waals surface area contributed by atoms with Crippen LogP contribution in [-0.4, -0.2) is 15.4 Å². The highest BCUT2D eigenvalue weighted by Crippen LogP contribution is 2.15. The minimum absolute atomic E-state index is 0.134. The number of amides is 1. The van der Waals surface area contributed by atoms with Crippen molar-refractivity contribution < 1.29 is 9.72 Å². The van der Waals surface area contributed by atoms with Crippen molar-refractivity contribution in [2.45, 2.75) is 0 Å². The van der Waals surface area contributed by atoms with Gasteiger partial charge in [0.1, 0.15) is 0 Å². The van der Waals surface area contributed by atoms with Crippen LogP contribution in [0, 0.1) is 10.1 Å². The molecular formula is C15H12N4O3S. The number of nitro groups is 1. The molecule has 23 heavy (non-hydrogen) atoms. The third kappa shape index (κ3) is 2.97. The van der Waals surface area contributed by atoms with Crippen LogP contribution in [0.25, 0.3) is 10.2 Å². The van der Waals surface area contributed by atoms with E-state index < -0.39 is 10.8 Å². The first kappa shape index (κ1) is 14.9. The molecule has 0 aliphatic rings. The SMILES string of the molecule is Cn1/c(=N/NC(=O)c2cccc([N+](=O)[O-])c2)sc2ccccc21. The standard InChI is InChI=1S/C15H12N4O3S/c1-18-12-7-2-3-8-13(12)23-15(18)17-16-14(20)10-5-4-6-11(9-10)19(21)22/h2-9H,1H3,(H,16,20)/b17-15-. The number of aromatic nitrogens is 1. The smallest absolute Gasteiger partial charge is 0.271 e. The van der Waals surface area contributed by atoms with Gasteiger partial charge in [-0.05, 0) is 18.2 Å². The first-order chi connectivity index (χ1) is 11.1. The minimum Gasteiger partial charge on any atom is -0.318 e. The molecule has 1 N–H and O–H groups in total. The Morgan fingerprint density at radius 2 is 2.04 bits per heavy atom. The molecule has 2 aromatic carbocycles. The van der Waals surface area contributed by atoms with E-state index in [4.69, 9.17) is 0 Å². The van der Waals surface area contributed by atoms with Crippen LogP contribution in [0.3, 0.4) is 0 Å². The predicted octanol–water partition coefficient (Wildman–Crippen LogP) is 2.39. The number of para-hydroxylation sites is 1. The molecule has 0 saturated carbocycles. The van der Waals surface area contributed by atoms with Gasteiger partial charge >= 0.3 is 0 Å². The van der Waals surface area contributed by atoms with E-state index in [2.05, 4.69) is 10.5 Å². The number of nitrogens with one attached hydrogen (secondary N) is 1. The zero-order valence-corrected chi connectivity index (χ0v) is 12.9. The van der Waals surface area contributed by atoms with Crippen molar-refractivity contribution in [3.05, 3.63) is 69.0 Å². The number of benzene rings is 2. The lowest BCUT2D eigenvalue weighted by molar-refractivity contribution is -0.384. The summed E-state index contributed by atoms with van der Waals surface area (Å²) in [4.78, 5) is 22.9. The quantitative estimate of drug-likeness (QED) is 0.591. The van der Waals surface area contributed by atoms with Crippen LogP contribution in [0.1, 0.15) is 10.4 Å². The summed E-state index contributed by atoms with van der Waals surface area (Å²) in [5, 5.41) is 14.9. The molecule has 1 heterocycles. The number of hydrogen-bond donors (Lipinski definition) is 1. The molecule has 1 amide bonds. The number of hydrogen-bond acceptors (Lipinski definition) is 5. The first-order valence-corrected chi connectivity index (χ1v) is 7.51. The topological polar surface area (TPSA) is 89.5 Å². The molecule has 8 heteroatoms. The van der Waals surface area contributed by atoms with Gasteiger partial charge in [0.15, 0.2) is 0 Å². The number of rotatable bonds is 3. The number of thiazole rings is 1. The number of carbonyl (C=O) groups is 1. The largest absolute Gasteiger partial charge is 0.318 e. The minimum atomic E-state index is -0.542. The lowest BCUT2D eigenvalue weighted by atomic mass is 10.2. The Morgan fingerprint density at radius 1 is 1.26 bits per heavy atom. The molecular weight excluding hydrogens is 316 g/mol. The van der Waals surface area contributed by atoms with Crippen LogP contribution in [0.4, 0.5) is 5.69 Å². The maximum atomic E-state index is 12.1. The Kier molecular flexibility index (Phi) is 3.90. The average Bonchev–Trinajstić information content (AvgIpc) is 2.89. The molecule has 0 spiro atoms. The summed E-state index contributed by atoms with van der Waals surface area (Å²) in [6, 6.07) is 13.3. The molecule has 7 nitrogen and oxygen atoms in total. The van der Waals surface area contributed by atoms with Crippen LogP contribution in [0.15, 0.2) is 53.6 Å². The fourth-order valence-corrected chi connectivity index (χ4v) is 3.09. The van der Waals surface area contributed by atoms with Crippen molar-refractivity contribution >= 4 is 33.1 Å². The van der Waals surface area contributed by atoms with Gasteiger partial charge in [0, 0.05) is 24.7 Å². The Bertz CT molecular complexity index is 974. The van der Waals surface area contributed by atoms with E-state index in [1.807, 2.05) is 35.9 Å². The second kappa shape index (κ2) is 6.01. The summed E-state index contributed by atoms with van der Waals surface area (Å²) in [6.45, 7) is 0. The van der Waals surface area contributed by atoms with Crippen molar-refractivity contribution in [3.63, 3.8) is 0 Å². The molecule has 0 radical (unpaired) electrons. The van der Waals surface area contributed by atoms with Gasteiger partial charge in [-0.25, -0.2) is 5.43 Å². The van der Waals surface area contributed by atoms with Gasteiger partial charge in [0.05, 0.1) is 15.1 Å². The maximum absolute atomic E-state index is 12.1. The number of non-ortho nitro benzene ring substituents is 1. The molecule has 3 rings (SSSR count). The predicted molar refractivity (Wildman–Crippen MR) is 86.9 cm³/mol. The summed E-state index contributed by atoms with van der Waals surface area (Å²) < 4.78 is 2.92. The van der Waals surface area contributed by atoms with Crippen molar-refractivity contribution in [1.29, 1.82) is 0 Å². The number of aryl methyl sites for hydroxylation is 1. The number of nitrogens with zero attached hydrogens (tertiary/aromatic N) is 3. The zero-order chi connectivity index (χ0) is 16.4. The number of nitro benzene ring substituents is 1. The van der Waals surface area contributed by atoms with E-state index in [-0.39, 0.29) is 11.3 Å². The average molecular weight is 328 g/mol. The highest BCUT2D eigenvalue weighted by Gasteiger charge is 2.11. The van der Waals surface area contributed by atoms with Gasteiger partial charge in [-0.1, -0.05) is 29.5 Å². The zero-order valence-electron chi connectivity index (χ0n) is 12.1. The third-order valence-electron chi connectivity index (χ3n) is 3.29. The van der Waals surface area contributed by atoms with E-state index in [9.17, 15) is 14.9 Å². The normalized spacial score (nSPS) is 11.6. The van der Waals surface area contributed by atoms with Crippen LogP contribution in [0.5, 0.6) is 0 Å². The van der Waals surface area contributed by atoms with Crippen molar-refractivity contribution in [2.75, 3.05) is 0 Å². The lowest BCUT2D eigenvalue weighted by Gasteiger charge is -1.99. The Morgan fingerprint density at radius 3 is 2.78 bits per heavy atom. The van der Waals surface area contributed by atoms with Crippen molar-refractivity contribution in [2.24, 2.45) is 12.1 Å². The van der Waals surface area contributed by atoms with Gasteiger partial charge in [-0.2, -0.15) is 0 Å². The van der Waals surface area contributed by atoms with E-state index in [0.717, 1.165) is 10.2 Å². The fourth-order valence-electron chi connectivity index (χ4n) is 2.11. The van der Waals surface area contributed by atoms with Crippen LogP contribution >= 0.6 is 11.3 Å². The van der Waals surface area contributed by atoms with Crippen molar-refractivity contribution in [1.82, 2.24) is 9.99 Å². The van der Waals surface area contributed by atoms with Crippen LogP contribution in [-0.2, 0) is 7.05 Å². The first-order valence-electron chi connectivity index (χ1n) is 6.69. The second-order valence-corrected chi connectivity index (χ2v) is 5.78. The highest BCUT2D eigenvalue weighted by molar-refractivity contribution is 7.16. The fraction of sp³-hybridized carbons (Fsp3) is 0.0667. The molecule has 0 fully saturated rings. The number of fused-ring (bicyclic) bond motifs is 1. The maximum Gasteiger partial charge on any atom is 0.271 e. The molecule has 0 bridgehead atoms. The van der Waals surface area contributed by atoms with Gasteiger partial charge in [0.25, 0.3) is 11.6 Å². The summed E-state index contributed by atoms with van der Waals surface area (Å²) in [5.41, 5.74) is 3.50. The highest BCUT2D eigenvalue weighted by atomic mass is 32.1. The van der Waals surface area contributed by atoms with Gasteiger partial charge < -0.3 is 4.57 Å². The van der Waals surface area contributed by atoms with E-state index >= 15 is 0 Å². The van der Waals surface area contributed by atoms with Crippen LogP contribution in [0.2, 0.25) is 0 Å². The van der Waals surface area contributed by atoms with Gasteiger partial charge in [-0.15, -0.1) is 5.10 Å². The van der Waals surface area contributed by atoms with Crippen LogP contribution < -0.4 is 10.2 Å². The molecule has 0 aliphatic carbocycles. The monoisotopic (exact) mass is 328 g/mol. The van der Waals surface area contributed by atoms with E-state index in [1.54, 1.807) is 0 Å². The van der Waals surface area contributed by atoms with E-state index in [0.29, 0.717) is 4.80 Å². The molecule has 0 aliphatic heterocycles. The molecule has 0 unspecified atom stereocenters. The van der Waals surface area contributed by atoms with Gasteiger partial charge in [-0.3, -0.25) is 14.9 Å². The molecule has 116 valence electrons.